The number of ketones is 1. The summed E-state index contributed by atoms with van der Waals surface area (Å²) in [5, 5.41) is 0. The quantitative estimate of drug-likeness (QED) is 0.633. The summed E-state index contributed by atoms with van der Waals surface area (Å²) in [5.41, 5.74) is 4.06. The molecule has 0 saturated carbocycles. The molecule has 0 atom stereocenters. The van der Waals surface area contributed by atoms with Crippen LogP contribution in [0.1, 0.15) is 40.0 Å². The van der Waals surface area contributed by atoms with E-state index in [4.69, 9.17) is 4.74 Å². The molecule has 144 valence electrons. The second-order valence-electron chi connectivity index (χ2n) is 7.46. The van der Waals surface area contributed by atoms with Crippen LogP contribution in [0, 0.1) is 12.8 Å². The third-order valence-electron chi connectivity index (χ3n) is 5.29. The lowest BCUT2D eigenvalue weighted by Gasteiger charge is -2.28. The normalized spacial score (nSPS) is 15.7. The fourth-order valence-electron chi connectivity index (χ4n) is 3.72. The summed E-state index contributed by atoms with van der Waals surface area (Å²) in [6.45, 7) is 4.03. The molecular weight excluding hydrogens is 404 g/mol. The Balaban J connectivity index is 1.78. The molecule has 5 heteroatoms. The SMILES string of the molecule is COc1cc(C)cc(CCc2cc(Br)cnc2C(=O)C2CCN(C)CC2)c1. The smallest absolute Gasteiger partial charge is 0.184 e. The minimum absolute atomic E-state index is 0.0905. The van der Waals surface area contributed by atoms with E-state index in [0.717, 1.165) is 54.6 Å². The zero-order valence-electron chi connectivity index (χ0n) is 16.3. The number of rotatable bonds is 6. The molecule has 2 aromatic rings. The van der Waals surface area contributed by atoms with Crippen LogP contribution in [0.5, 0.6) is 5.75 Å². The Morgan fingerprint density at radius 3 is 2.67 bits per heavy atom. The van der Waals surface area contributed by atoms with Crippen molar-refractivity contribution in [3.63, 3.8) is 0 Å². The van der Waals surface area contributed by atoms with Crippen LogP contribution in [0.2, 0.25) is 0 Å². The van der Waals surface area contributed by atoms with E-state index in [1.807, 2.05) is 12.1 Å². The molecule has 0 radical (unpaired) electrons. The van der Waals surface area contributed by atoms with E-state index >= 15 is 0 Å². The zero-order chi connectivity index (χ0) is 19.4. The molecule has 0 aliphatic carbocycles. The number of ether oxygens (including phenoxy) is 1. The molecule has 0 unspecified atom stereocenters. The number of piperidine rings is 1. The van der Waals surface area contributed by atoms with Crippen LogP contribution >= 0.6 is 15.9 Å². The molecule has 0 amide bonds. The van der Waals surface area contributed by atoms with Crippen LogP contribution < -0.4 is 4.74 Å². The van der Waals surface area contributed by atoms with E-state index in [-0.39, 0.29) is 11.7 Å². The highest BCUT2D eigenvalue weighted by Gasteiger charge is 2.27. The van der Waals surface area contributed by atoms with Gasteiger partial charge in [0.05, 0.1) is 7.11 Å². The van der Waals surface area contributed by atoms with Crippen LogP contribution in [-0.2, 0) is 12.8 Å². The molecule has 1 aliphatic rings. The van der Waals surface area contributed by atoms with Crippen molar-refractivity contribution in [1.82, 2.24) is 9.88 Å². The summed E-state index contributed by atoms with van der Waals surface area (Å²) in [7, 11) is 3.80. The molecule has 4 nitrogen and oxygen atoms in total. The van der Waals surface area contributed by atoms with Gasteiger partial charge in [-0.15, -0.1) is 0 Å². The largest absolute Gasteiger partial charge is 0.497 e. The second-order valence-corrected chi connectivity index (χ2v) is 8.38. The lowest BCUT2D eigenvalue weighted by molar-refractivity contribution is 0.0850. The number of halogens is 1. The molecule has 0 bridgehead atoms. The standard InChI is InChI=1S/C22H27BrN2O2/c1-15-10-16(12-20(11-15)27-3)4-5-18-13-19(23)14-24-21(18)22(26)17-6-8-25(2)9-7-17/h10-14,17H,4-9H2,1-3H3. The van der Waals surface area contributed by atoms with Crippen molar-refractivity contribution >= 4 is 21.7 Å². The molecule has 0 N–H and O–H groups in total. The van der Waals surface area contributed by atoms with Gasteiger partial charge >= 0.3 is 0 Å². The van der Waals surface area contributed by atoms with Crippen LogP contribution in [0.3, 0.4) is 0 Å². The third kappa shape index (κ3) is 5.17. The molecule has 3 rings (SSSR count). The third-order valence-corrected chi connectivity index (χ3v) is 5.72. The topological polar surface area (TPSA) is 42.4 Å². The summed E-state index contributed by atoms with van der Waals surface area (Å²) in [6.07, 6.45) is 5.21. The first-order valence-electron chi connectivity index (χ1n) is 9.48. The Morgan fingerprint density at radius 1 is 1.22 bits per heavy atom. The average Bonchev–Trinajstić information content (AvgIpc) is 2.66. The van der Waals surface area contributed by atoms with Crippen molar-refractivity contribution < 1.29 is 9.53 Å². The first kappa shape index (κ1) is 20.0. The molecule has 1 aromatic heterocycles. The number of hydrogen-bond donors (Lipinski definition) is 0. The lowest BCUT2D eigenvalue weighted by Crippen LogP contribution is -2.34. The minimum Gasteiger partial charge on any atom is -0.497 e. The number of methoxy groups -OCH3 is 1. The fraction of sp³-hybridized carbons (Fsp3) is 0.455. The summed E-state index contributed by atoms with van der Waals surface area (Å²) in [5.74, 6) is 1.17. The highest BCUT2D eigenvalue weighted by atomic mass is 79.9. The number of benzene rings is 1. The van der Waals surface area contributed by atoms with Crippen molar-refractivity contribution in [3.05, 3.63) is 57.3 Å². The van der Waals surface area contributed by atoms with Gasteiger partial charge in [-0.3, -0.25) is 9.78 Å². The molecule has 1 aromatic carbocycles. The van der Waals surface area contributed by atoms with E-state index in [9.17, 15) is 4.79 Å². The van der Waals surface area contributed by atoms with Crippen LogP contribution in [-0.4, -0.2) is 42.9 Å². The number of aryl methyl sites for hydroxylation is 3. The van der Waals surface area contributed by atoms with Crippen molar-refractivity contribution in [2.75, 3.05) is 27.2 Å². The Bertz CT molecular complexity index is 814. The molecule has 0 spiro atoms. The predicted molar refractivity (Wildman–Crippen MR) is 112 cm³/mol. The number of nitrogens with zero attached hydrogens (tertiary/aromatic N) is 2. The highest BCUT2D eigenvalue weighted by molar-refractivity contribution is 9.10. The monoisotopic (exact) mass is 430 g/mol. The number of aromatic nitrogens is 1. The summed E-state index contributed by atoms with van der Waals surface area (Å²) in [6, 6.07) is 8.31. The zero-order valence-corrected chi connectivity index (χ0v) is 17.9. The summed E-state index contributed by atoms with van der Waals surface area (Å²) >= 11 is 3.51. The molecule has 1 fully saturated rings. The Hall–Kier alpha value is -1.72. The Labute approximate surface area is 170 Å². The number of likely N-dealkylation sites (tertiary alicyclic amines) is 1. The van der Waals surface area contributed by atoms with Gasteiger partial charge in [-0.1, -0.05) is 6.07 Å². The van der Waals surface area contributed by atoms with E-state index in [1.165, 1.54) is 11.1 Å². The number of carbonyl (C=O) groups is 1. The maximum atomic E-state index is 13.1. The van der Waals surface area contributed by atoms with E-state index < -0.39 is 0 Å². The van der Waals surface area contributed by atoms with E-state index in [0.29, 0.717) is 5.69 Å². The van der Waals surface area contributed by atoms with Crippen molar-refractivity contribution in [2.24, 2.45) is 5.92 Å². The molecule has 1 aliphatic heterocycles. The van der Waals surface area contributed by atoms with Crippen molar-refractivity contribution in [1.29, 1.82) is 0 Å². The Kier molecular flexibility index (Phi) is 6.66. The van der Waals surface area contributed by atoms with Gasteiger partial charge in [0.1, 0.15) is 11.4 Å². The number of hydrogen-bond acceptors (Lipinski definition) is 4. The second kappa shape index (κ2) is 8.98. The molecule has 2 heterocycles. The van der Waals surface area contributed by atoms with E-state index in [1.54, 1.807) is 13.3 Å². The molecule has 1 saturated heterocycles. The predicted octanol–water partition coefficient (Wildman–Crippen LogP) is 4.47. The van der Waals surface area contributed by atoms with Gasteiger partial charge in [-0.2, -0.15) is 0 Å². The van der Waals surface area contributed by atoms with Crippen LogP contribution in [0.4, 0.5) is 0 Å². The van der Waals surface area contributed by atoms with Crippen LogP contribution in [0.15, 0.2) is 34.9 Å². The van der Waals surface area contributed by atoms with Gasteiger partial charge in [-0.05, 0) is 104 Å². The first-order valence-corrected chi connectivity index (χ1v) is 10.3. The minimum atomic E-state index is 0.0905. The van der Waals surface area contributed by atoms with Gasteiger partial charge < -0.3 is 9.64 Å². The number of carbonyl (C=O) groups excluding carboxylic acids is 1. The molecule has 27 heavy (non-hydrogen) atoms. The maximum absolute atomic E-state index is 13.1. The van der Waals surface area contributed by atoms with Gasteiger partial charge in [0, 0.05) is 16.6 Å². The highest BCUT2D eigenvalue weighted by Crippen LogP contribution is 2.25. The van der Waals surface area contributed by atoms with Crippen molar-refractivity contribution in [3.8, 4) is 5.75 Å². The fourth-order valence-corrected chi connectivity index (χ4v) is 4.10. The van der Waals surface area contributed by atoms with Gasteiger partial charge in [0.2, 0.25) is 0 Å². The average molecular weight is 431 g/mol. The van der Waals surface area contributed by atoms with Gasteiger partial charge in [-0.25, -0.2) is 0 Å². The van der Waals surface area contributed by atoms with Crippen molar-refractivity contribution in [2.45, 2.75) is 32.6 Å². The summed E-state index contributed by atoms with van der Waals surface area (Å²) in [4.78, 5) is 19.9. The summed E-state index contributed by atoms with van der Waals surface area (Å²) < 4.78 is 6.29. The van der Waals surface area contributed by atoms with E-state index in [2.05, 4.69) is 51.9 Å². The maximum Gasteiger partial charge on any atom is 0.184 e. The number of Topliss-reactive ketones (excluding diaryl/α,β-unsaturated/α-hetero) is 1. The van der Waals surface area contributed by atoms with Gasteiger partial charge in [0.25, 0.3) is 0 Å². The number of pyridine rings is 1. The van der Waals surface area contributed by atoms with Crippen LogP contribution in [0.25, 0.3) is 0 Å². The molecular formula is C22H27BrN2O2. The first-order chi connectivity index (χ1) is 13.0. The Morgan fingerprint density at radius 2 is 1.96 bits per heavy atom. The lowest BCUT2D eigenvalue weighted by atomic mass is 9.88. The van der Waals surface area contributed by atoms with Gasteiger partial charge in [0.15, 0.2) is 5.78 Å².